The lowest BCUT2D eigenvalue weighted by Gasteiger charge is -2.15. The predicted octanol–water partition coefficient (Wildman–Crippen LogP) is 3.25. The molecule has 0 heterocycles. The summed E-state index contributed by atoms with van der Waals surface area (Å²) in [6, 6.07) is 12.5. The fourth-order valence-corrected chi connectivity index (χ4v) is 4.27. The Morgan fingerprint density at radius 3 is 1.60 bits per heavy atom. The number of rotatable bonds is 6. The molecule has 0 saturated carbocycles. The smallest absolute Gasteiger partial charge is 0.224 e. The molecule has 0 aliphatic carbocycles. The van der Waals surface area contributed by atoms with Crippen LogP contribution >= 0.6 is 0 Å². The SMILES string of the molecule is CC(C)c1ccc(S(=O)(=O)NC(C)c2ccc(S(C)(=O)=O)cc2)cc1. The van der Waals surface area contributed by atoms with Crippen molar-refractivity contribution < 1.29 is 16.8 Å². The van der Waals surface area contributed by atoms with E-state index in [1.807, 2.05) is 26.0 Å². The third-order valence-corrected chi connectivity index (χ3v) is 6.68. The van der Waals surface area contributed by atoms with E-state index in [1.54, 1.807) is 31.2 Å². The van der Waals surface area contributed by atoms with Gasteiger partial charge in [0, 0.05) is 12.3 Å². The summed E-state index contributed by atoms with van der Waals surface area (Å²) in [7, 11) is -6.93. The highest BCUT2D eigenvalue weighted by molar-refractivity contribution is 7.90. The molecule has 0 amide bonds. The van der Waals surface area contributed by atoms with Crippen LogP contribution in [0.2, 0.25) is 0 Å². The molecule has 25 heavy (non-hydrogen) atoms. The van der Waals surface area contributed by atoms with Crippen LogP contribution in [-0.4, -0.2) is 23.1 Å². The van der Waals surface area contributed by atoms with E-state index in [0.717, 1.165) is 11.8 Å². The molecule has 0 aliphatic heterocycles. The molecule has 0 spiro atoms. The number of benzene rings is 2. The van der Waals surface area contributed by atoms with Crippen LogP contribution in [0, 0.1) is 0 Å². The van der Waals surface area contributed by atoms with Crippen LogP contribution < -0.4 is 4.72 Å². The molecule has 0 aromatic heterocycles. The number of sulfone groups is 1. The average molecular weight is 382 g/mol. The molecule has 0 saturated heterocycles. The van der Waals surface area contributed by atoms with Crippen molar-refractivity contribution in [1.82, 2.24) is 4.72 Å². The van der Waals surface area contributed by atoms with Gasteiger partial charge in [0.2, 0.25) is 10.0 Å². The van der Waals surface area contributed by atoms with Crippen molar-refractivity contribution in [2.24, 2.45) is 0 Å². The van der Waals surface area contributed by atoms with Crippen LogP contribution in [0.25, 0.3) is 0 Å². The maximum Gasteiger partial charge on any atom is 0.241 e. The Balaban J connectivity index is 2.19. The second-order valence-corrected chi connectivity index (χ2v) is 10.1. The molecule has 0 fully saturated rings. The van der Waals surface area contributed by atoms with Gasteiger partial charge in [0.25, 0.3) is 0 Å². The first-order valence-corrected chi connectivity index (χ1v) is 11.3. The fraction of sp³-hybridized carbons (Fsp3) is 0.333. The topological polar surface area (TPSA) is 80.3 Å². The Hall–Kier alpha value is -1.70. The normalized spacial score (nSPS) is 13.8. The van der Waals surface area contributed by atoms with Crippen LogP contribution in [0.5, 0.6) is 0 Å². The monoisotopic (exact) mass is 381 g/mol. The number of hydrogen-bond donors (Lipinski definition) is 1. The lowest BCUT2D eigenvalue weighted by Crippen LogP contribution is -2.26. The molecule has 0 radical (unpaired) electrons. The van der Waals surface area contributed by atoms with Gasteiger partial charge in [0.15, 0.2) is 9.84 Å². The Kier molecular flexibility index (Phi) is 5.71. The first kappa shape index (κ1) is 19.6. The second kappa shape index (κ2) is 7.27. The molecule has 1 unspecified atom stereocenters. The van der Waals surface area contributed by atoms with Gasteiger partial charge in [-0.3, -0.25) is 0 Å². The molecule has 2 aromatic carbocycles. The first-order chi connectivity index (χ1) is 11.5. The summed E-state index contributed by atoms with van der Waals surface area (Å²) in [6.07, 6.45) is 1.13. The van der Waals surface area contributed by atoms with Crippen molar-refractivity contribution in [3.05, 3.63) is 59.7 Å². The summed E-state index contributed by atoms with van der Waals surface area (Å²) in [5.41, 5.74) is 1.76. The zero-order chi connectivity index (χ0) is 18.8. The van der Waals surface area contributed by atoms with Crippen LogP contribution in [0.15, 0.2) is 58.3 Å². The summed E-state index contributed by atoms with van der Waals surface area (Å²) >= 11 is 0. The maximum atomic E-state index is 12.5. The maximum absolute atomic E-state index is 12.5. The largest absolute Gasteiger partial charge is 0.241 e. The molecular formula is C18H23NO4S2. The van der Waals surface area contributed by atoms with Gasteiger partial charge in [-0.15, -0.1) is 0 Å². The quantitative estimate of drug-likeness (QED) is 0.833. The Morgan fingerprint density at radius 2 is 1.16 bits per heavy atom. The highest BCUT2D eigenvalue weighted by Gasteiger charge is 2.19. The molecular weight excluding hydrogens is 358 g/mol. The van der Waals surface area contributed by atoms with E-state index in [-0.39, 0.29) is 9.79 Å². The lowest BCUT2D eigenvalue weighted by atomic mass is 10.0. The van der Waals surface area contributed by atoms with Crippen molar-refractivity contribution in [1.29, 1.82) is 0 Å². The lowest BCUT2D eigenvalue weighted by molar-refractivity contribution is 0.566. The zero-order valence-corrected chi connectivity index (χ0v) is 16.4. The molecule has 0 bridgehead atoms. The van der Waals surface area contributed by atoms with E-state index in [9.17, 15) is 16.8 Å². The standard InChI is InChI=1S/C18H23NO4S2/c1-13(2)15-5-11-18(12-6-15)25(22,23)19-14(3)16-7-9-17(10-8-16)24(4,20)21/h5-14,19H,1-4H3. The molecule has 1 N–H and O–H groups in total. The molecule has 136 valence electrons. The van der Waals surface area contributed by atoms with Crippen molar-refractivity contribution >= 4 is 19.9 Å². The van der Waals surface area contributed by atoms with Gasteiger partial charge in [-0.1, -0.05) is 38.1 Å². The average Bonchev–Trinajstić information content (AvgIpc) is 2.54. The van der Waals surface area contributed by atoms with E-state index < -0.39 is 25.9 Å². The molecule has 2 rings (SSSR count). The van der Waals surface area contributed by atoms with Crippen molar-refractivity contribution in [2.45, 2.75) is 42.5 Å². The van der Waals surface area contributed by atoms with Crippen molar-refractivity contribution in [2.75, 3.05) is 6.26 Å². The third-order valence-electron chi connectivity index (χ3n) is 4.00. The van der Waals surface area contributed by atoms with Gasteiger partial charge >= 0.3 is 0 Å². The van der Waals surface area contributed by atoms with Gasteiger partial charge in [0.05, 0.1) is 9.79 Å². The molecule has 1 atom stereocenters. The predicted molar refractivity (Wildman–Crippen MR) is 98.8 cm³/mol. The molecule has 0 aliphatic rings. The summed E-state index contributed by atoms with van der Waals surface area (Å²) in [5, 5.41) is 0. The first-order valence-electron chi connectivity index (χ1n) is 7.93. The highest BCUT2D eigenvalue weighted by Crippen LogP contribution is 2.21. The zero-order valence-electron chi connectivity index (χ0n) is 14.7. The van der Waals surface area contributed by atoms with Crippen LogP contribution in [-0.2, 0) is 19.9 Å². The van der Waals surface area contributed by atoms with Crippen molar-refractivity contribution in [3.63, 3.8) is 0 Å². The molecule has 5 nitrogen and oxygen atoms in total. The van der Waals surface area contributed by atoms with Gasteiger partial charge < -0.3 is 0 Å². The van der Waals surface area contributed by atoms with Gasteiger partial charge in [-0.25, -0.2) is 21.6 Å². The Labute approximate surface area is 150 Å². The number of hydrogen-bond acceptors (Lipinski definition) is 4. The number of sulfonamides is 1. The summed E-state index contributed by atoms with van der Waals surface area (Å²) in [6.45, 7) is 5.81. The van der Waals surface area contributed by atoms with Gasteiger partial charge in [-0.05, 0) is 48.2 Å². The Morgan fingerprint density at radius 1 is 0.720 bits per heavy atom. The van der Waals surface area contributed by atoms with E-state index in [2.05, 4.69) is 4.72 Å². The van der Waals surface area contributed by atoms with E-state index in [0.29, 0.717) is 11.5 Å². The fourth-order valence-electron chi connectivity index (χ4n) is 2.40. The second-order valence-electron chi connectivity index (χ2n) is 6.41. The minimum absolute atomic E-state index is 0.204. The Bertz CT molecular complexity index is 930. The van der Waals surface area contributed by atoms with E-state index >= 15 is 0 Å². The minimum atomic E-state index is -3.66. The minimum Gasteiger partial charge on any atom is -0.224 e. The van der Waals surface area contributed by atoms with Crippen LogP contribution in [0.1, 0.15) is 43.9 Å². The summed E-state index contributed by atoms with van der Waals surface area (Å²) < 4.78 is 50.6. The van der Waals surface area contributed by atoms with Crippen molar-refractivity contribution in [3.8, 4) is 0 Å². The van der Waals surface area contributed by atoms with Gasteiger partial charge in [0.1, 0.15) is 0 Å². The molecule has 2 aromatic rings. The highest BCUT2D eigenvalue weighted by atomic mass is 32.2. The third kappa shape index (κ3) is 4.90. The van der Waals surface area contributed by atoms with Gasteiger partial charge in [-0.2, -0.15) is 0 Å². The molecule has 7 heteroatoms. The van der Waals surface area contributed by atoms with Crippen LogP contribution in [0.3, 0.4) is 0 Å². The summed E-state index contributed by atoms with van der Waals surface area (Å²) in [4.78, 5) is 0.409. The number of nitrogens with one attached hydrogen (secondary N) is 1. The van der Waals surface area contributed by atoms with E-state index in [1.165, 1.54) is 12.1 Å². The van der Waals surface area contributed by atoms with E-state index in [4.69, 9.17) is 0 Å². The summed E-state index contributed by atoms with van der Waals surface area (Å²) in [5.74, 6) is 0.331. The van der Waals surface area contributed by atoms with Crippen LogP contribution in [0.4, 0.5) is 0 Å².